The smallest absolute Gasteiger partial charge is 0.255 e. The fraction of sp³-hybridized carbons (Fsp3) is 0.333. The predicted octanol–water partition coefficient (Wildman–Crippen LogP) is 4.16. The van der Waals surface area contributed by atoms with Crippen LogP contribution in [0.4, 0.5) is 0 Å². The van der Waals surface area contributed by atoms with Gasteiger partial charge in [0, 0.05) is 49.5 Å². The molecule has 2 aliphatic rings. The number of aromatic nitrogens is 1. The molecule has 2 aromatic carbocycles. The summed E-state index contributed by atoms with van der Waals surface area (Å²) in [4.78, 5) is 29.8. The maximum absolute atomic E-state index is 13.6. The van der Waals surface area contributed by atoms with E-state index in [9.17, 15) is 9.59 Å². The van der Waals surface area contributed by atoms with E-state index in [0.29, 0.717) is 31.7 Å². The van der Waals surface area contributed by atoms with E-state index in [4.69, 9.17) is 4.74 Å². The van der Waals surface area contributed by atoms with Crippen molar-refractivity contribution in [1.29, 1.82) is 0 Å². The van der Waals surface area contributed by atoms with Gasteiger partial charge in [0.25, 0.3) is 5.91 Å². The van der Waals surface area contributed by atoms with Gasteiger partial charge in [0.15, 0.2) is 0 Å². The Morgan fingerprint density at radius 2 is 1.58 bits per heavy atom. The number of carbonyl (C=O) groups excluding carboxylic acids is 2. The molecule has 1 aliphatic heterocycles. The highest BCUT2D eigenvalue weighted by Gasteiger charge is 2.35. The summed E-state index contributed by atoms with van der Waals surface area (Å²) in [6.45, 7) is 4.36. The van der Waals surface area contributed by atoms with Crippen molar-refractivity contribution in [1.82, 2.24) is 14.4 Å². The Bertz CT molecular complexity index is 1170. The number of ether oxygens (including phenoxy) is 1. The lowest BCUT2D eigenvalue weighted by Gasteiger charge is -2.35. The van der Waals surface area contributed by atoms with E-state index >= 15 is 0 Å². The van der Waals surface area contributed by atoms with Gasteiger partial charge in [0.1, 0.15) is 5.75 Å². The summed E-state index contributed by atoms with van der Waals surface area (Å²) in [5.41, 5.74) is 4.54. The molecule has 170 valence electrons. The van der Waals surface area contributed by atoms with Crippen LogP contribution in [0.15, 0.2) is 60.7 Å². The lowest BCUT2D eigenvalue weighted by molar-refractivity contribution is -0.134. The summed E-state index contributed by atoms with van der Waals surface area (Å²) in [6.07, 6.45) is 2.02. The Balaban J connectivity index is 1.47. The van der Waals surface area contributed by atoms with Crippen LogP contribution in [-0.2, 0) is 4.79 Å². The number of nitrogens with zero attached hydrogens (tertiary/aromatic N) is 3. The first-order chi connectivity index (χ1) is 16.1. The minimum absolute atomic E-state index is 0.0184. The first-order valence-electron chi connectivity index (χ1n) is 11.6. The fourth-order valence-corrected chi connectivity index (χ4v) is 4.62. The molecule has 33 heavy (non-hydrogen) atoms. The highest BCUT2D eigenvalue weighted by atomic mass is 16.5. The van der Waals surface area contributed by atoms with Crippen molar-refractivity contribution in [2.75, 3.05) is 33.3 Å². The van der Waals surface area contributed by atoms with Crippen LogP contribution in [0.2, 0.25) is 0 Å². The van der Waals surface area contributed by atoms with Gasteiger partial charge in [0.2, 0.25) is 5.91 Å². The Labute approximate surface area is 194 Å². The molecule has 1 aliphatic carbocycles. The number of hydrogen-bond acceptors (Lipinski definition) is 3. The minimum atomic E-state index is 0.0184. The molecule has 3 aromatic rings. The number of amides is 2. The molecule has 1 aromatic heterocycles. The zero-order chi connectivity index (χ0) is 22.9. The third-order valence-corrected chi connectivity index (χ3v) is 6.66. The fourth-order valence-electron chi connectivity index (χ4n) is 4.62. The van der Waals surface area contributed by atoms with Gasteiger partial charge in [-0.2, -0.15) is 0 Å². The highest BCUT2D eigenvalue weighted by molar-refractivity contribution is 5.97. The molecule has 6 nitrogen and oxygen atoms in total. The average molecular weight is 444 g/mol. The number of methoxy groups -OCH3 is 1. The summed E-state index contributed by atoms with van der Waals surface area (Å²) < 4.78 is 7.56. The maximum atomic E-state index is 13.6. The van der Waals surface area contributed by atoms with Crippen LogP contribution in [0.5, 0.6) is 5.75 Å². The van der Waals surface area contributed by atoms with Gasteiger partial charge in [0.05, 0.1) is 18.4 Å². The largest absolute Gasteiger partial charge is 0.497 e. The van der Waals surface area contributed by atoms with Crippen LogP contribution >= 0.6 is 0 Å². The van der Waals surface area contributed by atoms with Crippen molar-refractivity contribution in [3.63, 3.8) is 0 Å². The van der Waals surface area contributed by atoms with Crippen LogP contribution in [0, 0.1) is 12.8 Å². The second-order valence-electron chi connectivity index (χ2n) is 8.82. The topological polar surface area (TPSA) is 54.8 Å². The number of benzene rings is 2. The monoisotopic (exact) mass is 443 g/mol. The van der Waals surface area contributed by atoms with Crippen molar-refractivity contribution in [3.8, 4) is 22.7 Å². The number of piperazine rings is 1. The Morgan fingerprint density at radius 1 is 0.879 bits per heavy atom. The summed E-state index contributed by atoms with van der Waals surface area (Å²) >= 11 is 0. The zero-order valence-corrected chi connectivity index (χ0v) is 19.2. The van der Waals surface area contributed by atoms with Crippen LogP contribution < -0.4 is 4.74 Å². The van der Waals surface area contributed by atoms with E-state index in [2.05, 4.69) is 16.7 Å². The molecule has 0 bridgehead atoms. The molecule has 1 saturated carbocycles. The molecule has 0 unspecified atom stereocenters. The van der Waals surface area contributed by atoms with E-state index < -0.39 is 0 Å². The Morgan fingerprint density at radius 3 is 2.24 bits per heavy atom. The second-order valence-corrected chi connectivity index (χ2v) is 8.82. The SMILES string of the molecule is COc1cccc(-n2c(-c3ccccc3)cc(C(=O)N3CCN(C(=O)C4CC4)CC3)c2C)c1. The van der Waals surface area contributed by atoms with Gasteiger partial charge in [-0.25, -0.2) is 0 Å². The van der Waals surface area contributed by atoms with Gasteiger partial charge in [-0.3, -0.25) is 9.59 Å². The maximum Gasteiger partial charge on any atom is 0.255 e. The van der Waals surface area contributed by atoms with Crippen molar-refractivity contribution >= 4 is 11.8 Å². The van der Waals surface area contributed by atoms with Gasteiger partial charge < -0.3 is 19.1 Å². The highest BCUT2D eigenvalue weighted by Crippen LogP contribution is 2.33. The first-order valence-corrected chi connectivity index (χ1v) is 11.6. The lowest BCUT2D eigenvalue weighted by Crippen LogP contribution is -2.51. The van der Waals surface area contributed by atoms with E-state index in [-0.39, 0.29) is 17.7 Å². The molecule has 0 radical (unpaired) electrons. The standard InChI is InChI=1S/C27H29N3O3/c1-19-24(27(32)29-15-13-28(14-16-29)26(31)21-11-12-21)18-25(20-7-4-3-5-8-20)30(19)22-9-6-10-23(17-22)33-2/h3-10,17-18,21H,11-16H2,1-2H3. The molecule has 6 heteroatoms. The molecule has 1 saturated heterocycles. The van der Waals surface area contributed by atoms with Crippen molar-refractivity contribution in [2.24, 2.45) is 5.92 Å². The van der Waals surface area contributed by atoms with Gasteiger partial charge in [-0.15, -0.1) is 0 Å². The average Bonchev–Trinajstić information content (AvgIpc) is 3.66. The van der Waals surface area contributed by atoms with Crippen LogP contribution in [0.1, 0.15) is 28.9 Å². The molecular formula is C27H29N3O3. The third kappa shape index (κ3) is 4.13. The summed E-state index contributed by atoms with van der Waals surface area (Å²) in [5, 5.41) is 0. The van der Waals surface area contributed by atoms with E-state index in [1.165, 1.54) is 0 Å². The molecule has 2 amide bonds. The van der Waals surface area contributed by atoms with Gasteiger partial charge in [-0.1, -0.05) is 36.4 Å². The van der Waals surface area contributed by atoms with Gasteiger partial charge in [-0.05, 0) is 43.5 Å². The minimum Gasteiger partial charge on any atom is -0.497 e. The normalized spacial score (nSPS) is 16.1. The van der Waals surface area contributed by atoms with Gasteiger partial charge >= 0.3 is 0 Å². The van der Waals surface area contributed by atoms with Crippen molar-refractivity contribution < 1.29 is 14.3 Å². The van der Waals surface area contributed by atoms with E-state index in [0.717, 1.165) is 41.2 Å². The molecular weight excluding hydrogens is 414 g/mol. The molecule has 2 heterocycles. The first kappa shape index (κ1) is 21.3. The number of carbonyl (C=O) groups is 2. The second kappa shape index (κ2) is 8.77. The van der Waals surface area contributed by atoms with Crippen LogP contribution in [0.3, 0.4) is 0 Å². The summed E-state index contributed by atoms with van der Waals surface area (Å²) in [5.74, 6) is 1.27. The van der Waals surface area contributed by atoms with Crippen molar-refractivity contribution in [3.05, 3.63) is 71.9 Å². The van der Waals surface area contributed by atoms with Crippen molar-refractivity contribution in [2.45, 2.75) is 19.8 Å². The van der Waals surface area contributed by atoms with Crippen LogP contribution in [0.25, 0.3) is 16.9 Å². The summed E-state index contributed by atoms with van der Waals surface area (Å²) in [7, 11) is 1.66. The third-order valence-electron chi connectivity index (χ3n) is 6.66. The molecule has 0 N–H and O–H groups in total. The number of hydrogen-bond donors (Lipinski definition) is 0. The lowest BCUT2D eigenvalue weighted by atomic mass is 10.1. The molecule has 2 fully saturated rings. The molecule has 0 atom stereocenters. The zero-order valence-electron chi connectivity index (χ0n) is 19.2. The van der Waals surface area contributed by atoms with E-state index in [1.807, 2.05) is 65.3 Å². The quantitative estimate of drug-likeness (QED) is 0.595. The Kier molecular flexibility index (Phi) is 5.67. The van der Waals surface area contributed by atoms with E-state index in [1.54, 1.807) is 7.11 Å². The predicted molar refractivity (Wildman–Crippen MR) is 128 cm³/mol. The molecule has 0 spiro atoms. The number of rotatable bonds is 5. The summed E-state index contributed by atoms with van der Waals surface area (Å²) in [6, 6.07) is 20.0. The van der Waals surface area contributed by atoms with Crippen LogP contribution in [-0.4, -0.2) is 59.5 Å². The Hall–Kier alpha value is -3.54. The molecule has 5 rings (SSSR count).